The molecule has 0 aliphatic heterocycles. The zero-order chi connectivity index (χ0) is 18.4. The summed E-state index contributed by atoms with van der Waals surface area (Å²) in [7, 11) is 1.63. The Kier molecular flexibility index (Phi) is 5.48. The van der Waals surface area contributed by atoms with Crippen molar-refractivity contribution in [3.05, 3.63) is 71.8 Å². The van der Waals surface area contributed by atoms with Crippen LogP contribution in [-0.4, -0.2) is 17.1 Å². The Morgan fingerprint density at radius 1 is 0.885 bits per heavy atom. The standard InChI is InChI=1S/C19H20FN5O/c1-26-16-8-4-14(5-9-16)11-23-19-17(21)18(24-12-25-19)22-10-13-2-6-15(20)7-3-13/h2-9,12H,10-11,21H2,1H3,(H2,22,23,24,25). The second kappa shape index (κ2) is 8.15. The Morgan fingerprint density at radius 3 is 1.88 bits per heavy atom. The molecule has 1 aromatic heterocycles. The van der Waals surface area contributed by atoms with E-state index in [0.717, 1.165) is 16.9 Å². The number of anilines is 3. The number of nitrogens with one attached hydrogen (secondary N) is 2. The highest BCUT2D eigenvalue weighted by molar-refractivity contribution is 5.74. The van der Waals surface area contributed by atoms with Crippen LogP contribution in [0, 0.1) is 5.82 Å². The number of rotatable bonds is 7. The second-order valence-electron chi connectivity index (χ2n) is 5.67. The molecule has 0 aliphatic carbocycles. The first-order chi connectivity index (χ1) is 12.7. The van der Waals surface area contributed by atoms with Crippen molar-refractivity contribution in [1.29, 1.82) is 0 Å². The number of methoxy groups -OCH3 is 1. The maximum absolute atomic E-state index is 13.0. The molecule has 0 unspecified atom stereocenters. The lowest BCUT2D eigenvalue weighted by molar-refractivity contribution is 0.414. The van der Waals surface area contributed by atoms with Gasteiger partial charge in [0.1, 0.15) is 23.6 Å². The highest BCUT2D eigenvalue weighted by Crippen LogP contribution is 2.23. The molecule has 0 bridgehead atoms. The Hall–Kier alpha value is -3.35. The highest BCUT2D eigenvalue weighted by atomic mass is 19.1. The van der Waals surface area contributed by atoms with Gasteiger partial charge in [-0.25, -0.2) is 14.4 Å². The quantitative estimate of drug-likeness (QED) is 0.603. The summed E-state index contributed by atoms with van der Waals surface area (Å²) in [6, 6.07) is 14.0. The van der Waals surface area contributed by atoms with Gasteiger partial charge >= 0.3 is 0 Å². The summed E-state index contributed by atoms with van der Waals surface area (Å²) < 4.78 is 18.1. The Labute approximate surface area is 151 Å². The van der Waals surface area contributed by atoms with E-state index in [0.29, 0.717) is 30.4 Å². The molecule has 3 aromatic rings. The third-order valence-corrected chi connectivity index (χ3v) is 3.88. The van der Waals surface area contributed by atoms with Crippen LogP contribution in [-0.2, 0) is 13.1 Å². The van der Waals surface area contributed by atoms with Crippen molar-refractivity contribution in [2.75, 3.05) is 23.5 Å². The molecule has 6 nitrogen and oxygen atoms in total. The maximum atomic E-state index is 13.0. The molecule has 134 valence electrons. The minimum absolute atomic E-state index is 0.264. The second-order valence-corrected chi connectivity index (χ2v) is 5.67. The number of benzene rings is 2. The Bertz CT molecular complexity index is 853. The minimum Gasteiger partial charge on any atom is -0.497 e. The van der Waals surface area contributed by atoms with Crippen molar-refractivity contribution >= 4 is 17.3 Å². The molecule has 0 aliphatic rings. The number of ether oxygens (including phenoxy) is 1. The molecule has 1 heterocycles. The van der Waals surface area contributed by atoms with Gasteiger partial charge in [-0.2, -0.15) is 0 Å². The number of aromatic nitrogens is 2. The van der Waals surface area contributed by atoms with Gasteiger partial charge in [0.25, 0.3) is 0 Å². The molecule has 4 N–H and O–H groups in total. The van der Waals surface area contributed by atoms with Crippen LogP contribution in [0.2, 0.25) is 0 Å². The zero-order valence-electron chi connectivity index (χ0n) is 14.4. The van der Waals surface area contributed by atoms with E-state index in [4.69, 9.17) is 10.5 Å². The van der Waals surface area contributed by atoms with Crippen molar-refractivity contribution in [3.8, 4) is 5.75 Å². The summed E-state index contributed by atoms with van der Waals surface area (Å²) in [5.74, 6) is 1.63. The van der Waals surface area contributed by atoms with Gasteiger partial charge in [0.2, 0.25) is 0 Å². The van der Waals surface area contributed by atoms with E-state index in [-0.39, 0.29) is 5.82 Å². The van der Waals surface area contributed by atoms with Crippen molar-refractivity contribution < 1.29 is 9.13 Å². The zero-order valence-corrected chi connectivity index (χ0v) is 14.4. The van der Waals surface area contributed by atoms with Gasteiger partial charge in [-0.15, -0.1) is 0 Å². The number of nitrogens with zero attached hydrogens (tertiary/aromatic N) is 2. The molecule has 0 atom stereocenters. The van der Waals surface area contributed by atoms with Crippen LogP contribution in [0.15, 0.2) is 54.9 Å². The van der Waals surface area contributed by atoms with Crippen LogP contribution < -0.4 is 21.1 Å². The maximum Gasteiger partial charge on any atom is 0.155 e. The fraction of sp³-hybridized carbons (Fsp3) is 0.158. The fourth-order valence-electron chi connectivity index (χ4n) is 2.39. The number of halogens is 1. The Balaban J connectivity index is 1.63. The summed E-state index contributed by atoms with van der Waals surface area (Å²) in [5, 5.41) is 6.35. The third kappa shape index (κ3) is 4.38. The van der Waals surface area contributed by atoms with E-state index in [9.17, 15) is 4.39 Å². The van der Waals surface area contributed by atoms with E-state index in [1.807, 2.05) is 24.3 Å². The molecule has 0 saturated carbocycles. The molecule has 7 heteroatoms. The van der Waals surface area contributed by atoms with Gasteiger partial charge < -0.3 is 21.1 Å². The molecule has 3 rings (SSSR count). The van der Waals surface area contributed by atoms with E-state index < -0.39 is 0 Å². The average Bonchev–Trinajstić information content (AvgIpc) is 2.68. The molecule has 2 aromatic carbocycles. The predicted molar refractivity (Wildman–Crippen MR) is 100 cm³/mol. The highest BCUT2D eigenvalue weighted by Gasteiger charge is 2.08. The molecule has 0 saturated heterocycles. The minimum atomic E-state index is -0.264. The first-order valence-electron chi connectivity index (χ1n) is 8.11. The van der Waals surface area contributed by atoms with Crippen LogP contribution in [0.25, 0.3) is 0 Å². The van der Waals surface area contributed by atoms with Gasteiger partial charge in [0.05, 0.1) is 7.11 Å². The largest absolute Gasteiger partial charge is 0.497 e. The van der Waals surface area contributed by atoms with Crippen LogP contribution >= 0.6 is 0 Å². The number of nitrogens with two attached hydrogens (primary N) is 1. The van der Waals surface area contributed by atoms with E-state index in [2.05, 4.69) is 20.6 Å². The van der Waals surface area contributed by atoms with Crippen molar-refractivity contribution in [1.82, 2.24) is 9.97 Å². The van der Waals surface area contributed by atoms with E-state index >= 15 is 0 Å². The number of nitrogen functional groups attached to an aromatic ring is 1. The average molecular weight is 353 g/mol. The molecular formula is C19H20FN5O. The molecule has 0 amide bonds. The third-order valence-electron chi connectivity index (χ3n) is 3.88. The Morgan fingerprint density at radius 2 is 1.38 bits per heavy atom. The van der Waals surface area contributed by atoms with Crippen LogP contribution in [0.4, 0.5) is 21.7 Å². The monoisotopic (exact) mass is 353 g/mol. The van der Waals surface area contributed by atoms with E-state index in [1.165, 1.54) is 18.5 Å². The summed E-state index contributed by atoms with van der Waals surface area (Å²) in [6.45, 7) is 1.06. The first kappa shape index (κ1) is 17.5. The first-order valence-corrected chi connectivity index (χ1v) is 8.11. The summed E-state index contributed by atoms with van der Waals surface area (Å²) in [6.07, 6.45) is 1.44. The molecule has 0 radical (unpaired) electrons. The van der Waals surface area contributed by atoms with Crippen molar-refractivity contribution in [3.63, 3.8) is 0 Å². The summed E-state index contributed by atoms with van der Waals surface area (Å²) >= 11 is 0. The lowest BCUT2D eigenvalue weighted by Gasteiger charge is -2.13. The predicted octanol–water partition coefficient (Wildman–Crippen LogP) is 3.43. The molecule has 0 fully saturated rings. The molecule has 26 heavy (non-hydrogen) atoms. The van der Waals surface area contributed by atoms with Crippen LogP contribution in [0.3, 0.4) is 0 Å². The lowest BCUT2D eigenvalue weighted by Crippen LogP contribution is -2.10. The van der Waals surface area contributed by atoms with Crippen LogP contribution in [0.5, 0.6) is 5.75 Å². The van der Waals surface area contributed by atoms with Crippen molar-refractivity contribution in [2.45, 2.75) is 13.1 Å². The summed E-state index contributed by atoms with van der Waals surface area (Å²) in [4.78, 5) is 8.36. The van der Waals surface area contributed by atoms with Crippen molar-refractivity contribution in [2.24, 2.45) is 0 Å². The summed E-state index contributed by atoms with van der Waals surface area (Å²) in [5.41, 5.74) is 8.59. The van der Waals surface area contributed by atoms with E-state index in [1.54, 1.807) is 19.2 Å². The fourth-order valence-corrected chi connectivity index (χ4v) is 2.39. The normalized spacial score (nSPS) is 10.4. The van der Waals surface area contributed by atoms with Gasteiger partial charge in [-0.3, -0.25) is 0 Å². The smallest absolute Gasteiger partial charge is 0.155 e. The number of hydrogen-bond donors (Lipinski definition) is 3. The van der Waals surface area contributed by atoms with Crippen LogP contribution in [0.1, 0.15) is 11.1 Å². The van der Waals surface area contributed by atoms with Gasteiger partial charge in [0.15, 0.2) is 11.6 Å². The lowest BCUT2D eigenvalue weighted by atomic mass is 10.2. The number of hydrogen-bond acceptors (Lipinski definition) is 6. The molecule has 0 spiro atoms. The topological polar surface area (TPSA) is 85.1 Å². The van der Waals surface area contributed by atoms with Gasteiger partial charge in [-0.1, -0.05) is 24.3 Å². The molecular weight excluding hydrogens is 333 g/mol. The van der Waals surface area contributed by atoms with Gasteiger partial charge in [0, 0.05) is 13.1 Å². The SMILES string of the molecule is COc1ccc(CNc2ncnc(NCc3ccc(F)cc3)c2N)cc1. The van der Waals surface area contributed by atoms with Gasteiger partial charge in [-0.05, 0) is 35.4 Å².